The lowest BCUT2D eigenvalue weighted by atomic mass is 10.1. The van der Waals surface area contributed by atoms with Gasteiger partial charge in [0.05, 0.1) is 27.9 Å². The van der Waals surface area contributed by atoms with E-state index < -0.39 is 17.8 Å². The summed E-state index contributed by atoms with van der Waals surface area (Å²) in [6, 6.07) is 23.3. The number of halogens is 3. The summed E-state index contributed by atoms with van der Waals surface area (Å²) >= 11 is 18.6. The molecule has 0 aliphatic carbocycles. The largest absolute Gasteiger partial charge is 0.493 e. The van der Waals surface area contributed by atoms with Gasteiger partial charge in [0.25, 0.3) is 11.8 Å². The number of carbonyl (C=O) groups is 3. The fourth-order valence-electron chi connectivity index (χ4n) is 4.24. The molecular weight excluding hydrogens is 615 g/mol. The van der Waals surface area contributed by atoms with Crippen molar-refractivity contribution in [2.24, 2.45) is 0 Å². The van der Waals surface area contributed by atoms with Crippen LogP contribution in [0.3, 0.4) is 0 Å². The Labute approximate surface area is 262 Å². The summed E-state index contributed by atoms with van der Waals surface area (Å²) in [5.41, 5.74) is 2.11. The fraction of sp³-hybridized carbons (Fsp3) is 0.0938. The average molecular weight is 638 g/mol. The molecule has 1 saturated heterocycles. The third-order valence-electron chi connectivity index (χ3n) is 6.37. The van der Waals surface area contributed by atoms with E-state index >= 15 is 0 Å². The molecule has 0 radical (unpaired) electrons. The maximum atomic E-state index is 13.4. The summed E-state index contributed by atoms with van der Waals surface area (Å²) in [5.74, 6) is -0.580. The SMILES string of the molecule is COc1cc(/C=C2\C(=O)NC(=O)N(c3ccc(OCc4ccccc4)cc3)C2=O)cc(Cl)c1OCc1ccc(Cl)c(Cl)c1. The highest BCUT2D eigenvalue weighted by Crippen LogP contribution is 2.38. The van der Waals surface area contributed by atoms with Crippen LogP contribution in [0.4, 0.5) is 10.5 Å². The molecule has 1 heterocycles. The number of anilines is 1. The first-order chi connectivity index (χ1) is 20.7. The van der Waals surface area contributed by atoms with Gasteiger partial charge in [-0.05, 0) is 71.3 Å². The van der Waals surface area contributed by atoms with Crippen molar-refractivity contribution in [3.05, 3.63) is 122 Å². The molecule has 0 spiro atoms. The zero-order valence-electron chi connectivity index (χ0n) is 22.6. The van der Waals surface area contributed by atoms with Gasteiger partial charge in [-0.3, -0.25) is 14.9 Å². The number of rotatable bonds is 9. The van der Waals surface area contributed by atoms with Gasteiger partial charge in [0.1, 0.15) is 24.5 Å². The number of methoxy groups -OCH3 is 1. The number of ether oxygens (including phenoxy) is 3. The van der Waals surface area contributed by atoms with Crippen LogP contribution in [0, 0.1) is 0 Å². The summed E-state index contributed by atoms with van der Waals surface area (Å²) in [6.45, 7) is 0.484. The van der Waals surface area contributed by atoms with Gasteiger partial charge in [-0.25, -0.2) is 9.69 Å². The van der Waals surface area contributed by atoms with Gasteiger partial charge < -0.3 is 14.2 Å². The monoisotopic (exact) mass is 636 g/mol. The fourth-order valence-corrected chi connectivity index (χ4v) is 4.83. The van der Waals surface area contributed by atoms with Crippen LogP contribution in [0.2, 0.25) is 15.1 Å². The Bertz CT molecular complexity index is 1730. The van der Waals surface area contributed by atoms with E-state index in [-0.39, 0.29) is 34.4 Å². The highest BCUT2D eigenvalue weighted by atomic mass is 35.5. The van der Waals surface area contributed by atoms with E-state index in [1.54, 1.807) is 48.5 Å². The van der Waals surface area contributed by atoms with Crippen molar-refractivity contribution in [1.29, 1.82) is 0 Å². The molecule has 4 aromatic rings. The molecule has 218 valence electrons. The van der Waals surface area contributed by atoms with Crippen molar-refractivity contribution in [1.82, 2.24) is 5.32 Å². The van der Waals surface area contributed by atoms with E-state index in [1.165, 1.54) is 19.3 Å². The van der Waals surface area contributed by atoms with Crippen LogP contribution in [0.5, 0.6) is 17.2 Å². The Morgan fingerprint density at radius 2 is 1.49 bits per heavy atom. The van der Waals surface area contributed by atoms with Crippen molar-refractivity contribution in [2.75, 3.05) is 12.0 Å². The Kier molecular flexibility index (Phi) is 9.21. The minimum Gasteiger partial charge on any atom is -0.493 e. The molecule has 1 N–H and O–H groups in total. The minimum absolute atomic E-state index is 0.126. The van der Waals surface area contributed by atoms with Crippen molar-refractivity contribution >= 4 is 64.4 Å². The molecular formula is C32H23Cl3N2O6. The Morgan fingerprint density at radius 1 is 0.767 bits per heavy atom. The summed E-state index contributed by atoms with van der Waals surface area (Å²) in [5, 5.41) is 3.19. The topological polar surface area (TPSA) is 94.2 Å². The van der Waals surface area contributed by atoms with Gasteiger partial charge in [0, 0.05) is 0 Å². The number of hydrogen-bond acceptors (Lipinski definition) is 6. The van der Waals surface area contributed by atoms with Crippen LogP contribution in [-0.4, -0.2) is 25.0 Å². The maximum absolute atomic E-state index is 13.4. The second kappa shape index (κ2) is 13.2. The first kappa shape index (κ1) is 30.0. The maximum Gasteiger partial charge on any atom is 0.335 e. The number of hydrogen-bond donors (Lipinski definition) is 1. The average Bonchev–Trinajstić information content (AvgIpc) is 3.00. The first-order valence-electron chi connectivity index (χ1n) is 12.9. The molecule has 11 heteroatoms. The van der Waals surface area contributed by atoms with Gasteiger partial charge in [0.2, 0.25) is 0 Å². The van der Waals surface area contributed by atoms with Crippen molar-refractivity contribution in [3.63, 3.8) is 0 Å². The lowest BCUT2D eigenvalue weighted by Gasteiger charge is -2.26. The second-order valence-electron chi connectivity index (χ2n) is 9.30. The minimum atomic E-state index is -0.869. The second-order valence-corrected chi connectivity index (χ2v) is 10.5. The van der Waals surface area contributed by atoms with E-state index in [2.05, 4.69) is 5.32 Å². The number of barbiturate groups is 1. The molecule has 8 nitrogen and oxygen atoms in total. The molecule has 43 heavy (non-hydrogen) atoms. The number of imide groups is 2. The quantitative estimate of drug-likeness (QED) is 0.151. The van der Waals surface area contributed by atoms with E-state index in [4.69, 9.17) is 49.0 Å². The highest BCUT2D eigenvalue weighted by molar-refractivity contribution is 6.42. The number of nitrogens with one attached hydrogen (secondary N) is 1. The van der Waals surface area contributed by atoms with E-state index in [0.29, 0.717) is 28.0 Å². The third-order valence-corrected chi connectivity index (χ3v) is 7.39. The molecule has 1 aliphatic rings. The van der Waals surface area contributed by atoms with E-state index in [9.17, 15) is 14.4 Å². The lowest BCUT2D eigenvalue weighted by Crippen LogP contribution is -2.54. The van der Waals surface area contributed by atoms with E-state index in [1.807, 2.05) is 30.3 Å². The van der Waals surface area contributed by atoms with Crippen molar-refractivity contribution in [2.45, 2.75) is 13.2 Å². The molecule has 1 fully saturated rings. The number of carbonyl (C=O) groups excluding carboxylic acids is 3. The molecule has 0 unspecified atom stereocenters. The number of nitrogens with zero attached hydrogens (tertiary/aromatic N) is 1. The van der Waals surface area contributed by atoms with Gasteiger partial charge in [-0.2, -0.15) is 0 Å². The van der Waals surface area contributed by atoms with Crippen LogP contribution in [-0.2, 0) is 22.8 Å². The predicted octanol–water partition coefficient (Wildman–Crippen LogP) is 7.48. The van der Waals surface area contributed by atoms with Crippen LogP contribution in [0.25, 0.3) is 6.08 Å². The molecule has 5 rings (SSSR count). The van der Waals surface area contributed by atoms with Crippen LogP contribution < -0.4 is 24.4 Å². The zero-order valence-corrected chi connectivity index (χ0v) is 24.9. The molecule has 4 aromatic carbocycles. The van der Waals surface area contributed by atoms with Crippen LogP contribution >= 0.6 is 34.8 Å². The van der Waals surface area contributed by atoms with Crippen molar-refractivity contribution < 1.29 is 28.6 Å². The van der Waals surface area contributed by atoms with Gasteiger partial charge in [0.15, 0.2) is 11.5 Å². The number of urea groups is 1. The van der Waals surface area contributed by atoms with Gasteiger partial charge in [-0.1, -0.05) is 71.2 Å². The predicted molar refractivity (Wildman–Crippen MR) is 165 cm³/mol. The molecule has 0 aromatic heterocycles. The Hall–Kier alpha value is -4.50. The first-order valence-corrected chi connectivity index (χ1v) is 14.0. The Balaban J connectivity index is 1.34. The van der Waals surface area contributed by atoms with Gasteiger partial charge in [-0.15, -0.1) is 0 Å². The van der Waals surface area contributed by atoms with Crippen LogP contribution in [0.15, 0.2) is 90.5 Å². The molecule has 0 saturated carbocycles. The summed E-state index contributed by atoms with van der Waals surface area (Å²) in [6.07, 6.45) is 1.32. The smallest absolute Gasteiger partial charge is 0.335 e. The summed E-state index contributed by atoms with van der Waals surface area (Å²) in [7, 11) is 1.43. The molecule has 1 aliphatic heterocycles. The molecule has 0 bridgehead atoms. The highest BCUT2D eigenvalue weighted by Gasteiger charge is 2.37. The standard InChI is InChI=1S/C32H23Cl3N2O6/c1-41-28-16-21(15-27(35)29(28)43-18-20-7-12-25(33)26(34)14-20)13-24-30(38)36-32(40)37(31(24)39)22-8-10-23(11-9-22)42-17-19-5-3-2-4-6-19/h2-16H,17-18H2,1H3,(H,36,38,40)/b24-13+. The summed E-state index contributed by atoms with van der Waals surface area (Å²) in [4.78, 5) is 39.7. The lowest BCUT2D eigenvalue weighted by molar-refractivity contribution is -0.122. The molecule has 0 atom stereocenters. The van der Waals surface area contributed by atoms with E-state index in [0.717, 1.165) is 16.0 Å². The van der Waals surface area contributed by atoms with Crippen LogP contribution in [0.1, 0.15) is 16.7 Å². The number of amides is 4. The third kappa shape index (κ3) is 6.94. The summed E-state index contributed by atoms with van der Waals surface area (Å²) < 4.78 is 17.1. The van der Waals surface area contributed by atoms with Crippen molar-refractivity contribution in [3.8, 4) is 17.2 Å². The number of benzene rings is 4. The normalized spacial score (nSPS) is 14.1. The molecule has 4 amide bonds. The Morgan fingerprint density at radius 3 is 2.19 bits per heavy atom. The zero-order chi connectivity index (χ0) is 30.5. The van der Waals surface area contributed by atoms with Gasteiger partial charge >= 0.3 is 6.03 Å².